The topological polar surface area (TPSA) is 66.5 Å². The third-order valence-electron chi connectivity index (χ3n) is 4.83. The molecule has 156 valence electrons. The van der Waals surface area contributed by atoms with Gasteiger partial charge in [-0.05, 0) is 54.8 Å². The van der Waals surface area contributed by atoms with Crippen molar-refractivity contribution in [2.24, 2.45) is 0 Å². The number of hydrogen-bond acceptors (Lipinski definition) is 3. The van der Waals surface area contributed by atoms with Crippen molar-refractivity contribution in [3.05, 3.63) is 63.1 Å². The maximum absolute atomic E-state index is 13.2. The first-order valence-corrected chi connectivity index (χ1v) is 11.8. The fraction of sp³-hybridized carbons (Fsp3) is 0.350. The molecule has 1 saturated carbocycles. The summed E-state index contributed by atoms with van der Waals surface area (Å²) in [6.07, 6.45) is 3.98. The van der Waals surface area contributed by atoms with E-state index in [9.17, 15) is 13.2 Å². The number of carbonyl (C=O) groups is 1. The van der Waals surface area contributed by atoms with Gasteiger partial charge in [-0.2, -0.15) is 4.31 Å². The van der Waals surface area contributed by atoms with E-state index in [0.717, 1.165) is 30.0 Å². The zero-order chi connectivity index (χ0) is 21.0. The Morgan fingerprint density at radius 2 is 1.66 bits per heavy atom. The number of amides is 1. The van der Waals surface area contributed by atoms with Crippen LogP contribution in [0.1, 0.15) is 31.2 Å². The lowest BCUT2D eigenvalue weighted by molar-refractivity contribution is -0.122. The normalized spacial score (nSPS) is 15.0. The number of rotatable bonds is 7. The molecule has 0 heterocycles. The van der Waals surface area contributed by atoms with Gasteiger partial charge >= 0.3 is 0 Å². The van der Waals surface area contributed by atoms with E-state index in [-0.39, 0.29) is 29.9 Å². The second-order valence-corrected chi connectivity index (χ2v) is 10.2. The van der Waals surface area contributed by atoms with Crippen LogP contribution in [0.25, 0.3) is 0 Å². The molecule has 0 atom stereocenters. The lowest BCUT2D eigenvalue weighted by Crippen LogP contribution is -2.43. The Balaban J connectivity index is 1.85. The number of nitrogens with zero attached hydrogens (tertiary/aromatic N) is 1. The molecule has 1 aliphatic rings. The van der Waals surface area contributed by atoms with Crippen molar-refractivity contribution in [2.45, 2.75) is 43.2 Å². The molecule has 9 heteroatoms. The van der Waals surface area contributed by atoms with E-state index in [2.05, 4.69) is 5.32 Å². The van der Waals surface area contributed by atoms with E-state index in [1.165, 1.54) is 24.3 Å². The fourth-order valence-corrected chi connectivity index (χ4v) is 5.16. The Bertz CT molecular complexity index is 975. The molecule has 5 nitrogen and oxygen atoms in total. The lowest BCUT2D eigenvalue weighted by atomic mass is 10.2. The second-order valence-electron chi connectivity index (χ2n) is 7.02. The van der Waals surface area contributed by atoms with Gasteiger partial charge in [0.15, 0.2) is 0 Å². The van der Waals surface area contributed by atoms with Gasteiger partial charge < -0.3 is 5.32 Å². The highest BCUT2D eigenvalue weighted by atomic mass is 35.5. The third-order valence-corrected chi connectivity index (χ3v) is 7.63. The molecule has 0 saturated heterocycles. The molecule has 3 rings (SSSR count). The Morgan fingerprint density at radius 3 is 2.28 bits per heavy atom. The molecule has 0 aliphatic heterocycles. The van der Waals surface area contributed by atoms with Crippen LogP contribution in [0.4, 0.5) is 0 Å². The molecule has 0 bridgehead atoms. The summed E-state index contributed by atoms with van der Waals surface area (Å²) in [5, 5.41) is 4.06. The summed E-state index contributed by atoms with van der Waals surface area (Å²) in [5.74, 6) is -0.325. The van der Waals surface area contributed by atoms with Crippen LogP contribution in [0.15, 0.2) is 47.4 Å². The van der Waals surface area contributed by atoms with E-state index in [4.69, 9.17) is 34.8 Å². The Morgan fingerprint density at radius 1 is 1.00 bits per heavy atom. The van der Waals surface area contributed by atoms with E-state index in [0.29, 0.717) is 20.6 Å². The van der Waals surface area contributed by atoms with Crippen molar-refractivity contribution in [3.63, 3.8) is 0 Å². The van der Waals surface area contributed by atoms with Crippen molar-refractivity contribution in [1.29, 1.82) is 0 Å². The zero-order valence-electron chi connectivity index (χ0n) is 15.6. The van der Waals surface area contributed by atoms with E-state index < -0.39 is 10.0 Å². The van der Waals surface area contributed by atoms with Crippen molar-refractivity contribution < 1.29 is 13.2 Å². The predicted molar refractivity (Wildman–Crippen MR) is 116 cm³/mol. The van der Waals surface area contributed by atoms with Crippen LogP contribution in [-0.4, -0.2) is 31.2 Å². The van der Waals surface area contributed by atoms with E-state index in [1.807, 2.05) is 0 Å². The van der Waals surface area contributed by atoms with Crippen LogP contribution in [0.2, 0.25) is 15.1 Å². The van der Waals surface area contributed by atoms with Crippen molar-refractivity contribution in [2.75, 3.05) is 6.54 Å². The minimum absolute atomic E-state index is 0.0140. The Hall–Kier alpha value is -1.31. The van der Waals surface area contributed by atoms with Crippen molar-refractivity contribution in [1.82, 2.24) is 9.62 Å². The first kappa shape index (κ1) is 22.4. The minimum Gasteiger partial charge on any atom is -0.352 e. The average Bonchev–Trinajstić information content (AvgIpc) is 3.17. The number of halogens is 3. The molecule has 0 unspecified atom stereocenters. The van der Waals surface area contributed by atoms with Gasteiger partial charge in [-0.1, -0.05) is 53.7 Å². The Labute approximate surface area is 186 Å². The first-order valence-electron chi connectivity index (χ1n) is 9.25. The molecule has 1 fully saturated rings. The highest BCUT2D eigenvalue weighted by Gasteiger charge is 2.28. The van der Waals surface area contributed by atoms with Crippen LogP contribution < -0.4 is 5.32 Å². The molecule has 0 radical (unpaired) electrons. The van der Waals surface area contributed by atoms with Crippen LogP contribution >= 0.6 is 34.8 Å². The molecule has 0 spiro atoms. The van der Waals surface area contributed by atoms with Gasteiger partial charge in [0.25, 0.3) is 0 Å². The summed E-state index contributed by atoms with van der Waals surface area (Å²) >= 11 is 17.9. The maximum Gasteiger partial charge on any atom is 0.243 e. The van der Waals surface area contributed by atoms with Crippen LogP contribution in [0.3, 0.4) is 0 Å². The lowest BCUT2D eigenvalue weighted by Gasteiger charge is -2.23. The monoisotopic (exact) mass is 474 g/mol. The quantitative estimate of drug-likeness (QED) is 0.619. The third kappa shape index (κ3) is 5.86. The minimum atomic E-state index is -3.93. The summed E-state index contributed by atoms with van der Waals surface area (Å²) < 4.78 is 27.6. The van der Waals surface area contributed by atoms with E-state index in [1.54, 1.807) is 18.2 Å². The van der Waals surface area contributed by atoms with Gasteiger partial charge in [0.05, 0.1) is 21.5 Å². The number of benzene rings is 2. The van der Waals surface area contributed by atoms with Gasteiger partial charge in [0.1, 0.15) is 0 Å². The van der Waals surface area contributed by atoms with Crippen molar-refractivity contribution in [3.8, 4) is 0 Å². The summed E-state index contributed by atoms with van der Waals surface area (Å²) in [4.78, 5) is 12.6. The highest BCUT2D eigenvalue weighted by Crippen LogP contribution is 2.26. The average molecular weight is 476 g/mol. The molecule has 2 aromatic rings. The summed E-state index contributed by atoms with van der Waals surface area (Å²) in [6.45, 7) is -0.304. The largest absolute Gasteiger partial charge is 0.352 e. The molecule has 2 aromatic carbocycles. The summed E-state index contributed by atoms with van der Waals surface area (Å²) in [5.41, 5.74) is 0.630. The van der Waals surface area contributed by atoms with Crippen LogP contribution in [-0.2, 0) is 21.4 Å². The molecule has 1 N–H and O–H groups in total. The standard InChI is InChI=1S/C20H21Cl3N2O3S/c21-15-6-8-17(9-7-15)29(27,28)25(12-14-5-10-18(22)19(23)11-14)13-20(26)24-16-3-1-2-4-16/h5-11,16H,1-4,12-13H2,(H,24,26). The fourth-order valence-electron chi connectivity index (χ4n) is 3.33. The smallest absolute Gasteiger partial charge is 0.243 e. The molecular weight excluding hydrogens is 455 g/mol. The number of sulfonamides is 1. The molecule has 1 amide bonds. The van der Waals surface area contributed by atoms with Crippen molar-refractivity contribution >= 4 is 50.7 Å². The second kappa shape index (κ2) is 9.67. The van der Waals surface area contributed by atoms with Gasteiger partial charge in [-0.15, -0.1) is 0 Å². The molecule has 29 heavy (non-hydrogen) atoms. The number of nitrogens with one attached hydrogen (secondary N) is 1. The Kier molecular flexibility index (Phi) is 7.46. The van der Waals surface area contributed by atoms with Gasteiger partial charge in [-0.25, -0.2) is 8.42 Å². The highest BCUT2D eigenvalue weighted by molar-refractivity contribution is 7.89. The number of hydrogen-bond donors (Lipinski definition) is 1. The molecular formula is C20H21Cl3N2O3S. The van der Waals surface area contributed by atoms with Gasteiger partial charge in [-0.3, -0.25) is 4.79 Å². The first-order chi connectivity index (χ1) is 13.8. The zero-order valence-corrected chi connectivity index (χ0v) is 18.7. The van der Waals surface area contributed by atoms with E-state index >= 15 is 0 Å². The molecule has 1 aliphatic carbocycles. The predicted octanol–water partition coefficient (Wildman–Crippen LogP) is 4.90. The van der Waals surface area contributed by atoms with Gasteiger partial charge in [0.2, 0.25) is 15.9 Å². The number of carbonyl (C=O) groups excluding carboxylic acids is 1. The van der Waals surface area contributed by atoms with Crippen LogP contribution in [0, 0.1) is 0 Å². The maximum atomic E-state index is 13.2. The van der Waals surface area contributed by atoms with Gasteiger partial charge in [0, 0.05) is 17.6 Å². The molecule has 0 aromatic heterocycles. The SMILES string of the molecule is O=C(CN(Cc1ccc(Cl)c(Cl)c1)S(=O)(=O)c1ccc(Cl)cc1)NC1CCCC1. The summed E-state index contributed by atoms with van der Waals surface area (Å²) in [7, 11) is -3.93. The summed E-state index contributed by atoms with van der Waals surface area (Å²) in [6, 6.07) is 10.9. The van der Waals surface area contributed by atoms with Crippen LogP contribution in [0.5, 0.6) is 0 Å².